The van der Waals surface area contributed by atoms with E-state index in [9.17, 15) is 4.79 Å². The van der Waals surface area contributed by atoms with Crippen LogP contribution in [0.3, 0.4) is 0 Å². The molecule has 20 heavy (non-hydrogen) atoms. The Labute approximate surface area is 120 Å². The molecule has 1 aromatic carbocycles. The van der Waals surface area contributed by atoms with Gasteiger partial charge >= 0.3 is 0 Å². The molecule has 110 valence electrons. The van der Waals surface area contributed by atoms with E-state index < -0.39 is 0 Å². The molecule has 2 N–H and O–H groups in total. The van der Waals surface area contributed by atoms with Gasteiger partial charge in [-0.05, 0) is 37.5 Å². The average Bonchev–Trinajstić information content (AvgIpc) is 2.92. The lowest BCUT2D eigenvalue weighted by molar-refractivity contribution is -0.120. The fourth-order valence-corrected chi connectivity index (χ4v) is 2.58. The van der Waals surface area contributed by atoms with E-state index in [2.05, 4.69) is 10.6 Å². The Hall–Kier alpha value is -1.55. The second-order valence-corrected chi connectivity index (χ2v) is 5.23. The Morgan fingerprint density at radius 2 is 2.15 bits per heavy atom. The third kappa shape index (κ3) is 4.85. The summed E-state index contributed by atoms with van der Waals surface area (Å²) < 4.78 is 5.46. The molecule has 1 aliphatic carbocycles. The number of benzene rings is 1. The van der Waals surface area contributed by atoms with Gasteiger partial charge in [0.2, 0.25) is 5.91 Å². The summed E-state index contributed by atoms with van der Waals surface area (Å²) in [6, 6.07) is 8.35. The first kappa shape index (κ1) is 14.9. The Morgan fingerprint density at radius 3 is 2.90 bits per heavy atom. The van der Waals surface area contributed by atoms with Gasteiger partial charge in [0, 0.05) is 12.6 Å². The van der Waals surface area contributed by atoms with Crippen molar-refractivity contribution in [1.82, 2.24) is 10.6 Å². The van der Waals surface area contributed by atoms with Gasteiger partial charge in [-0.2, -0.15) is 0 Å². The molecule has 1 aliphatic rings. The molecule has 4 nitrogen and oxygen atoms in total. The molecule has 0 aromatic heterocycles. The summed E-state index contributed by atoms with van der Waals surface area (Å²) in [7, 11) is 0. The minimum atomic E-state index is 0.0952. The first-order chi connectivity index (χ1) is 9.78. The van der Waals surface area contributed by atoms with Crippen molar-refractivity contribution >= 4 is 5.91 Å². The number of carbonyl (C=O) groups excluding carboxylic acids is 1. The lowest BCUT2D eigenvalue weighted by Crippen LogP contribution is -2.38. The third-order valence-corrected chi connectivity index (χ3v) is 3.54. The molecule has 0 saturated heterocycles. The van der Waals surface area contributed by atoms with Crippen LogP contribution in [-0.4, -0.2) is 25.1 Å². The number of carbonyl (C=O) groups is 1. The van der Waals surface area contributed by atoms with Crippen LogP contribution < -0.4 is 15.4 Å². The van der Waals surface area contributed by atoms with Crippen LogP contribution in [0, 0.1) is 0 Å². The smallest absolute Gasteiger partial charge is 0.234 e. The normalized spacial score (nSPS) is 15.2. The summed E-state index contributed by atoms with van der Waals surface area (Å²) >= 11 is 0. The van der Waals surface area contributed by atoms with Crippen molar-refractivity contribution in [2.45, 2.75) is 45.2 Å². The number of amides is 1. The van der Waals surface area contributed by atoms with Crippen LogP contribution in [0.25, 0.3) is 0 Å². The van der Waals surface area contributed by atoms with Crippen LogP contribution >= 0.6 is 0 Å². The molecule has 2 rings (SSSR count). The number of ether oxygens (including phenoxy) is 1. The Bertz CT molecular complexity index is 428. The Morgan fingerprint density at radius 1 is 1.35 bits per heavy atom. The summed E-state index contributed by atoms with van der Waals surface area (Å²) in [6.07, 6.45) is 4.73. The van der Waals surface area contributed by atoms with Crippen molar-refractivity contribution in [3.8, 4) is 5.75 Å². The molecular weight excluding hydrogens is 252 g/mol. The summed E-state index contributed by atoms with van der Waals surface area (Å²) in [5, 5.41) is 6.25. The number of nitrogens with one attached hydrogen (secondary N) is 2. The van der Waals surface area contributed by atoms with Crippen LogP contribution in [-0.2, 0) is 11.3 Å². The summed E-state index contributed by atoms with van der Waals surface area (Å²) in [5.41, 5.74) is 1.13. The maximum atomic E-state index is 11.8. The van der Waals surface area contributed by atoms with Gasteiger partial charge in [0.15, 0.2) is 0 Å². The highest BCUT2D eigenvalue weighted by Crippen LogP contribution is 2.17. The van der Waals surface area contributed by atoms with Crippen molar-refractivity contribution in [3.63, 3.8) is 0 Å². The van der Waals surface area contributed by atoms with Crippen LogP contribution in [0.1, 0.15) is 38.2 Å². The van der Waals surface area contributed by atoms with Crippen molar-refractivity contribution in [3.05, 3.63) is 29.8 Å². The molecule has 1 fully saturated rings. The largest absolute Gasteiger partial charge is 0.494 e. The van der Waals surface area contributed by atoms with E-state index in [4.69, 9.17) is 4.74 Å². The zero-order valence-corrected chi connectivity index (χ0v) is 12.2. The molecular formula is C16H24N2O2. The predicted octanol–water partition coefficient (Wildman–Crippen LogP) is 2.23. The van der Waals surface area contributed by atoms with Crippen molar-refractivity contribution < 1.29 is 9.53 Å². The van der Waals surface area contributed by atoms with Gasteiger partial charge in [0.25, 0.3) is 0 Å². The van der Waals surface area contributed by atoms with Gasteiger partial charge in [-0.25, -0.2) is 0 Å². The molecule has 4 heteroatoms. The van der Waals surface area contributed by atoms with Gasteiger partial charge in [0.1, 0.15) is 5.75 Å². The van der Waals surface area contributed by atoms with E-state index >= 15 is 0 Å². The number of hydrogen-bond acceptors (Lipinski definition) is 3. The van der Waals surface area contributed by atoms with E-state index in [0.29, 0.717) is 25.7 Å². The molecule has 0 heterocycles. The molecule has 1 amide bonds. The Kier molecular flexibility index (Phi) is 5.87. The highest BCUT2D eigenvalue weighted by molar-refractivity contribution is 5.78. The minimum absolute atomic E-state index is 0.0952. The van der Waals surface area contributed by atoms with E-state index in [0.717, 1.165) is 24.2 Å². The zero-order valence-electron chi connectivity index (χ0n) is 12.2. The third-order valence-electron chi connectivity index (χ3n) is 3.54. The second-order valence-electron chi connectivity index (χ2n) is 5.23. The SMILES string of the molecule is CCOc1cccc(CNCC(=O)NC2CCCC2)c1. The maximum absolute atomic E-state index is 11.8. The monoisotopic (exact) mass is 276 g/mol. The second kappa shape index (κ2) is 7.90. The van der Waals surface area contributed by atoms with Crippen LogP contribution in [0.2, 0.25) is 0 Å². The molecule has 0 atom stereocenters. The van der Waals surface area contributed by atoms with E-state index in [1.54, 1.807) is 0 Å². The van der Waals surface area contributed by atoms with E-state index in [1.165, 1.54) is 12.8 Å². The summed E-state index contributed by atoms with van der Waals surface area (Å²) in [5.74, 6) is 0.972. The van der Waals surface area contributed by atoms with Crippen LogP contribution in [0.15, 0.2) is 24.3 Å². The highest BCUT2D eigenvalue weighted by atomic mass is 16.5. The average molecular weight is 276 g/mol. The lowest BCUT2D eigenvalue weighted by atomic mass is 10.2. The van der Waals surface area contributed by atoms with Gasteiger partial charge in [-0.1, -0.05) is 25.0 Å². The molecule has 0 unspecified atom stereocenters. The van der Waals surface area contributed by atoms with Gasteiger partial charge < -0.3 is 15.4 Å². The van der Waals surface area contributed by atoms with Gasteiger partial charge in [-0.15, -0.1) is 0 Å². The Balaban J connectivity index is 1.69. The van der Waals surface area contributed by atoms with Gasteiger partial charge in [0.05, 0.1) is 13.2 Å². The molecule has 1 aromatic rings. The standard InChI is InChI=1S/C16H24N2O2/c1-2-20-15-9-5-6-13(10-15)11-17-12-16(19)18-14-7-3-4-8-14/h5-6,9-10,14,17H,2-4,7-8,11-12H2,1H3,(H,18,19). The molecule has 0 radical (unpaired) electrons. The van der Waals surface area contributed by atoms with Crippen molar-refractivity contribution in [2.75, 3.05) is 13.2 Å². The molecule has 1 saturated carbocycles. The first-order valence-electron chi connectivity index (χ1n) is 7.49. The van der Waals surface area contributed by atoms with E-state index in [1.807, 2.05) is 31.2 Å². The highest BCUT2D eigenvalue weighted by Gasteiger charge is 2.16. The number of hydrogen-bond donors (Lipinski definition) is 2. The summed E-state index contributed by atoms with van der Waals surface area (Å²) in [6.45, 7) is 3.69. The van der Waals surface area contributed by atoms with Crippen molar-refractivity contribution in [1.29, 1.82) is 0 Å². The molecule has 0 aliphatic heterocycles. The minimum Gasteiger partial charge on any atom is -0.494 e. The topological polar surface area (TPSA) is 50.4 Å². The van der Waals surface area contributed by atoms with Gasteiger partial charge in [-0.3, -0.25) is 4.79 Å². The van der Waals surface area contributed by atoms with Crippen LogP contribution in [0.5, 0.6) is 5.75 Å². The maximum Gasteiger partial charge on any atom is 0.234 e. The van der Waals surface area contributed by atoms with Crippen molar-refractivity contribution in [2.24, 2.45) is 0 Å². The zero-order chi connectivity index (χ0) is 14.2. The summed E-state index contributed by atoms with van der Waals surface area (Å²) in [4.78, 5) is 11.8. The quantitative estimate of drug-likeness (QED) is 0.803. The molecule has 0 spiro atoms. The fourth-order valence-electron chi connectivity index (χ4n) is 2.58. The lowest BCUT2D eigenvalue weighted by Gasteiger charge is -2.12. The predicted molar refractivity (Wildman–Crippen MR) is 79.7 cm³/mol. The first-order valence-corrected chi connectivity index (χ1v) is 7.49. The fraction of sp³-hybridized carbons (Fsp3) is 0.562. The molecule has 0 bridgehead atoms. The van der Waals surface area contributed by atoms with Crippen LogP contribution in [0.4, 0.5) is 0 Å². The van der Waals surface area contributed by atoms with E-state index in [-0.39, 0.29) is 5.91 Å². The number of rotatable bonds is 7.